The summed E-state index contributed by atoms with van der Waals surface area (Å²) >= 11 is 0. The van der Waals surface area contributed by atoms with Gasteiger partial charge in [0.1, 0.15) is 0 Å². The van der Waals surface area contributed by atoms with Gasteiger partial charge >= 0.3 is 0 Å². The Morgan fingerprint density at radius 3 is 2.50 bits per heavy atom. The van der Waals surface area contributed by atoms with Gasteiger partial charge in [-0.25, -0.2) is 0 Å². The molecule has 1 rings (SSSR count). The summed E-state index contributed by atoms with van der Waals surface area (Å²) in [4.78, 5) is 2.22. The highest BCUT2D eigenvalue weighted by atomic mass is 16.3. The molecular weight excluding hydrogens is 152 g/mol. The van der Waals surface area contributed by atoms with Crippen LogP contribution in [-0.2, 0) is 0 Å². The van der Waals surface area contributed by atoms with E-state index in [1.807, 2.05) is 6.92 Å². The third-order valence-electron chi connectivity index (χ3n) is 2.84. The van der Waals surface area contributed by atoms with Crippen LogP contribution in [0.4, 0.5) is 0 Å². The second-order valence-corrected chi connectivity index (χ2v) is 4.26. The van der Waals surface area contributed by atoms with Gasteiger partial charge in [0, 0.05) is 19.1 Å². The van der Waals surface area contributed by atoms with Gasteiger partial charge in [0.2, 0.25) is 0 Å². The summed E-state index contributed by atoms with van der Waals surface area (Å²) < 4.78 is 0. The highest BCUT2D eigenvalue weighted by Gasteiger charge is 2.39. The molecule has 0 aromatic carbocycles. The van der Waals surface area contributed by atoms with Gasteiger partial charge in [-0.2, -0.15) is 0 Å². The van der Waals surface area contributed by atoms with E-state index >= 15 is 0 Å². The molecule has 0 saturated carbocycles. The van der Waals surface area contributed by atoms with Crippen molar-refractivity contribution in [2.24, 2.45) is 0 Å². The van der Waals surface area contributed by atoms with Crippen LogP contribution in [0.5, 0.6) is 0 Å². The second-order valence-electron chi connectivity index (χ2n) is 4.26. The van der Waals surface area contributed by atoms with Crippen molar-refractivity contribution >= 4 is 0 Å². The van der Waals surface area contributed by atoms with E-state index in [-0.39, 0.29) is 6.04 Å². The Bertz CT molecular complexity index is 157. The van der Waals surface area contributed by atoms with E-state index in [0.717, 1.165) is 6.54 Å². The van der Waals surface area contributed by atoms with Crippen LogP contribution < -0.4 is 5.32 Å². The minimum absolute atomic E-state index is 0.248. The fraction of sp³-hybridized carbons (Fsp3) is 1.00. The van der Waals surface area contributed by atoms with Gasteiger partial charge in [-0.1, -0.05) is 0 Å². The van der Waals surface area contributed by atoms with Crippen LogP contribution in [0.25, 0.3) is 0 Å². The van der Waals surface area contributed by atoms with Crippen molar-refractivity contribution in [2.75, 3.05) is 20.1 Å². The van der Waals surface area contributed by atoms with E-state index in [0.29, 0.717) is 12.6 Å². The average molecular weight is 172 g/mol. The topological polar surface area (TPSA) is 35.5 Å². The van der Waals surface area contributed by atoms with E-state index < -0.39 is 5.60 Å². The number of nitrogens with one attached hydrogen (secondary N) is 1. The first kappa shape index (κ1) is 9.96. The smallest absolute Gasteiger partial charge is 0.0910 e. The highest BCUT2D eigenvalue weighted by Crippen LogP contribution is 2.20. The lowest BCUT2D eigenvalue weighted by molar-refractivity contribution is -0.000404. The number of β-amino-alcohol motifs (C(OH)–C–C–N with tert-alkyl or cyclic N) is 1. The fourth-order valence-electron chi connectivity index (χ4n) is 1.74. The van der Waals surface area contributed by atoms with E-state index in [2.05, 4.69) is 31.1 Å². The van der Waals surface area contributed by atoms with E-state index in [4.69, 9.17) is 0 Å². The molecule has 0 aliphatic carbocycles. The lowest BCUT2D eigenvalue weighted by Gasteiger charge is -2.35. The largest absolute Gasteiger partial charge is 0.387 e. The zero-order chi connectivity index (χ0) is 9.35. The van der Waals surface area contributed by atoms with Gasteiger partial charge in [0.15, 0.2) is 0 Å². The molecule has 0 amide bonds. The number of nitrogens with zero attached hydrogens (tertiary/aromatic N) is 1. The molecule has 1 aliphatic heterocycles. The first-order chi connectivity index (χ1) is 5.45. The molecule has 1 fully saturated rings. The molecule has 3 heteroatoms. The maximum absolute atomic E-state index is 9.97. The number of likely N-dealkylation sites (N-methyl/N-ethyl adjacent to an activating group) is 1. The Morgan fingerprint density at radius 1 is 1.58 bits per heavy atom. The molecule has 0 spiro atoms. The third-order valence-corrected chi connectivity index (χ3v) is 2.84. The van der Waals surface area contributed by atoms with Gasteiger partial charge < -0.3 is 10.4 Å². The third kappa shape index (κ3) is 1.79. The minimum Gasteiger partial charge on any atom is -0.387 e. The van der Waals surface area contributed by atoms with Gasteiger partial charge in [-0.15, -0.1) is 0 Å². The van der Waals surface area contributed by atoms with Crippen LogP contribution in [0.2, 0.25) is 0 Å². The average Bonchev–Trinajstić information content (AvgIpc) is 2.27. The van der Waals surface area contributed by atoms with Crippen molar-refractivity contribution in [1.29, 1.82) is 0 Å². The monoisotopic (exact) mass is 172 g/mol. The molecule has 1 saturated heterocycles. The molecule has 12 heavy (non-hydrogen) atoms. The Balaban J connectivity index is 2.62. The summed E-state index contributed by atoms with van der Waals surface area (Å²) in [7, 11) is 2.07. The summed E-state index contributed by atoms with van der Waals surface area (Å²) in [6.45, 7) is 7.79. The van der Waals surface area contributed by atoms with Gasteiger partial charge in [0.05, 0.1) is 11.6 Å². The zero-order valence-corrected chi connectivity index (χ0v) is 8.46. The molecule has 2 N–H and O–H groups in total. The molecule has 72 valence electrons. The van der Waals surface area contributed by atoms with Crippen LogP contribution in [0.1, 0.15) is 20.8 Å². The predicted molar refractivity (Wildman–Crippen MR) is 50.2 cm³/mol. The van der Waals surface area contributed by atoms with Crippen molar-refractivity contribution < 1.29 is 5.11 Å². The maximum Gasteiger partial charge on any atom is 0.0910 e. The Morgan fingerprint density at radius 2 is 2.17 bits per heavy atom. The van der Waals surface area contributed by atoms with Gasteiger partial charge in [0.25, 0.3) is 0 Å². The summed E-state index contributed by atoms with van der Waals surface area (Å²) in [5, 5.41) is 13.2. The maximum atomic E-state index is 9.97. The van der Waals surface area contributed by atoms with Gasteiger partial charge in [-0.05, 0) is 27.8 Å². The lowest BCUT2D eigenvalue weighted by Crippen LogP contribution is -2.50. The molecule has 1 aliphatic rings. The summed E-state index contributed by atoms with van der Waals surface area (Å²) in [6, 6.07) is 0.735. The highest BCUT2D eigenvalue weighted by molar-refractivity contribution is 4.98. The standard InChI is InChI=1S/C9H20N2O/c1-7(2)11(4)8-5-10-6-9(8,3)12/h7-8,10,12H,5-6H2,1-4H3. The first-order valence-corrected chi connectivity index (χ1v) is 4.60. The quantitative estimate of drug-likeness (QED) is 0.618. The normalized spacial score (nSPS) is 36.8. The Labute approximate surface area is 74.8 Å². The van der Waals surface area contributed by atoms with Crippen LogP contribution >= 0.6 is 0 Å². The number of hydrogen-bond donors (Lipinski definition) is 2. The molecule has 2 atom stereocenters. The SMILES string of the molecule is CC(C)N(C)C1CNCC1(C)O. The number of hydrogen-bond acceptors (Lipinski definition) is 3. The molecule has 1 heterocycles. The van der Waals surface area contributed by atoms with E-state index in [1.165, 1.54) is 0 Å². The van der Waals surface area contributed by atoms with Crippen LogP contribution in [0.3, 0.4) is 0 Å². The lowest BCUT2D eigenvalue weighted by atomic mass is 9.98. The molecule has 0 radical (unpaired) electrons. The van der Waals surface area contributed by atoms with Crippen molar-refractivity contribution in [3.63, 3.8) is 0 Å². The number of rotatable bonds is 2. The molecule has 2 unspecified atom stereocenters. The molecule has 3 nitrogen and oxygen atoms in total. The Hall–Kier alpha value is -0.120. The minimum atomic E-state index is -0.570. The summed E-state index contributed by atoms with van der Waals surface area (Å²) in [5.41, 5.74) is -0.570. The molecule has 0 aromatic rings. The van der Waals surface area contributed by atoms with Crippen LogP contribution in [0, 0.1) is 0 Å². The first-order valence-electron chi connectivity index (χ1n) is 4.60. The summed E-state index contributed by atoms with van der Waals surface area (Å²) in [6.07, 6.45) is 0. The molecular formula is C9H20N2O. The van der Waals surface area contributed by atoms with E-state index in [9.17, 15) is 5.11 Å². The molecule has 0 bridgehead atoms. The predicted octanol–water partition coefficient (Wildman–Crippen LogP) is 0.0494. The summed E-state index contributed by atoms with van der Waals surface area (Å²) in [5.74, 6) is 0. The van der Waals surface area contributed by atoms with Crippen molar-refractivity contribution in [3.05, 3.63) is 0 Å². The van der Waals surface area contributed by atoms with Gasteiger partial charge in [-0.3, -0.25) is 4.90 Å². The van der Waals surface area contributed by atoms with Crippen molar-refractivity contribution in [1.82, 2.24) is 10.2 Å². The van der Waals surface area contributed by atoms with Crippen molar-refractivity contribution in [3.8, 4) is 0 Å². The molecule has 0 aromatic heterocycles. The second kappa shape index (κ2) is 3.32. The zero-order valence-electron chi connectivity index (χ0n) is 8.46. The fourth-order valence-corrected chi connectivity index (χ4v) is 1.74. The van der Waals surface area contributed by atoms with Crippen molar-refractivity contribution in [2.45, 2.75) is 38.5 Å². The number of aliphatic hydroxyl groups is 1. The van der Waals surface area contributed by atoms with E-state index in [1.54, 1.807) is 0 Å². The van der Waals surface area contributed by atoms with Crippen LogP contribution in [-0.4, -0.2) is 47.8 Å². The van der Waals surface area contributed by atoms with Crippen LogP contribution in [0.15, 0.2) is 0 Å². The Kier molecular flexibility index (Phi) is 2.76.